The Kier molecular flexibility index (Phi) is 2.84. The molecular weight excluding hydrogens is 296 g/mol. The average molecular weight is 305 g/mol. The molecule has 6 nitrogen and oxygen atoms in total. The zero-order chi connectivity index (χ0) is 16.2. The largest absolute Gasteiger partial charge is 0.384 e. The number of carbonyl (C=O) groups is 2. The number of aryl methyl sites for hydroxylation is 1. The van der Waals surface area contributed by atoms with Crippen LogP contribution >= 0.6 is 0 Å². The number of hydrogen-bond acceptors (Lipinski definition) is 4. The third-order valence-electron chi connectivity index (χ3n) is 3.34. The second-order valence-corrected chi connectivity index (χ2v) is 4.85. The van der Waals surface area contributed by atoms with Crippen LogP contribution in [0.25, 0.3) is 5.69 Å². The second kappa shape index (κ2) is 4.48. The van der Waals surface area contributed by atoms with E-state index in [1.165, 1.54) is 6.92 Å². The van der Waals surface area contributed by atoms with Gasteiger partial charge in [-0.05, 0) is 24.6 Å². The molecule has 112 valence electrons. The van der Waals surface area contributed by atoms with Crippen LogP contribution in [0.2, 0.25) is 0 Å². The molecule has 3 rings (SSSR count). The predicted molar refractivity (Wildman–Crippen MR) is 72.9 cm³/mol. The molecule has 2 aromatic rings. The third-order valence-corrected chi connectivity index (χ3v) is 3.34. The van der Waals surface area contributed by atoms with Crippen LogP contribution in [0.15, 0.2) is 23.0 Å². The molecule has 0 saturated carbocycles. The summed E-state index contributed by atoms with van der Waals surface area (Å²) in [5.41, 5.74) is 3.94. The molecule has 1 aromatic carbocycles. The highest BCUT2D eigenvalue weighted by atomic mass is 19.1. The molecule has 22 heavy (non-hydrogen) atoms. The zero-order valence-electron chi connectivity index (χ0n) is 11.2. The van der Waals surface area contributed by atoms with Crippen LogP contribution in [0.5, 0.6) is 0 Å². The van der Waals surface area contributed by atoms with Crippen molar-refractivity contribution in [2.45, 2.75) is 6.92 Å². The van der Waals surface area contributed by atoms with Gasteiger partial charge >= 0.3 is 0 Å². The summed E-state index contributed by atoms with van der Waals surface area (Å²) in [5.74, 6) is -4.10. The molecule has 0 aliphatic carbocycles. The number of hydrogen-bond donors (Lipinski definition) is 2. The Labute approximate surface area is 122 Å². The molecule has 0 radical (unpaired) electrons. The standard InChI is InChI=1S/C14H9F2N3O3/c1-5-2-7(15)11(8(16)3-5)19-9(20)4-6-10(12(19)17)14(22)18-13(6)21/h2-4H,17H2,1H3,(H,18,21,22). The van der Waals surface area contributed by atoms with Gasteiger partial charge in [0.05, 0.1) is 11.1 Å². The minimum absolute atomic E-state index is 0.211. The smallest absolute Gasteiger partial charge is 0.262 e. The second-order valence-electron chi connectivity index (χ2n) is 4.85. The van der Waals surface area contributed by atoms with Gasteiger partial charge in [0.15, 0.2) is 11.6 Å². The summed E-state index contributed by atoms with van der Waals surface area (Å²) in [4.78, 5) is 35.3. The van der Waals surface area contributed by atoms with Crippen LogP contribution in [-0.4, -0.2) is 16.4 Å². The lowest BCUT2D eigenvalue weighted by Crippen LogP contribution is -2.25. The summed E-state index contributed by atoms with van der Waals surface area (Å²) < 4.78 is 28.7. The van der Waals surface area contributed by atoms with E-state index < -0.39 is 40.5 Å². The number of carbonyl (C=O) groups excluding carboxylic acids is 2. The summed E-state index contributed by atoms with van der Waals surface area (Å²) >= 11 is 0. The van der Waals surface area contributed by atoms with Crippen molar-refractivity contribution >= 4 is 17.6 Å². The van der Waals surface area contributed by atoms with Crippen LogP contribution in [0.4, 0.5) is 14.6 Å². The van der Waals surface area contributed by atoms with Crippen molar-refractivity contribution in [1.82, 2.24) is 9.88 Å². The number of fused-ring (bicyclic) bond motifs is 1. The molecule has 0 bridgehead atoms. The highest BCUT2D eigenvalue weighted by Crippen LogP contribution is 2.26. The number of nitrogens with one attached hydrogen (secondary N) is 1. The number of anilines is 1. The van der Waals surface area contributed by atoms with E-state index in [0.717, 1.165) is 18.2 Å². The molecule has 0 spiro atoms. The van der Waals surface area contributed by atoms with Crippen LogP contribution in [0.1, 0.15) is 26.3 Å². The number of imide groups is 1. The Hall–Kier alpha value is -3.03. The van der Waals surface area contributed by atoms with Crippen molar-refractivity contribution < 1.29 is 18.4 Å². The van der Waals surface area contributed by atoms with E-state index in [9.17, 15) is 23.2 Å². The van der Waals surface area contributed by atoms with E-state index in [1.807, 2.05) is 5.32 Å². The van der Waals surface area contributed by atoms with E-state index >= 15 is 0 Å². The van der Waals surface area contributed by atoms with Gasteiger partial charge < -0.3 is 5.73 Å². The Balaban J connectivity index is 2.40. The Morgan fingerprint density at radius 2 is 1.64 bits per heavy atom. The lowest BCUT2D eigenvalue weighted by Gasteiger charge is -2.13. The first-order valence-corrected chi connectivity index (χ1v) is 6.18. The van der Waals surface area contributed by atoms with Crippen molar-refractivity contribution in [3.8, 4) is 5.69 Å². The van der Waals surface area contributed by atoms with Gasteiger partial charge in [-0.1, -0.05) is 0 Å². The summed E-state index contributed by atoms with van der Waals surface area (Å²) in [6.07, 6.45) is 0. The number of amides is 2. The van der Waals surface area contributed by atoms with Crippen LogP contribution < -0.4 is 16.6 Å². The Morgan fingerprint density at radius 1 is 1.05 bits per heavy atom. The fraction of sp³-hybridized carbons (Fsp3) is 0.0714. The van der Waals surface area contributed by atoms with Crippen LogP contribution in [0, 0.1) is 18.6 Å². The number of nitrogen functional groups attached to an aromatic ring is 1. The van der Waals surface area contributed by atoms with Gasteiger partial charge in [-0.3, -0.25) is 24.3 Å². The number of pyridine rings is 1. The lowest BCUT2D eigenvalue weighted by molar-refractivity contribution is 0.0880. The third kappa shape index (κ3) is 1.80. The Bertz CT molecular complexity index is 895. The number of rotatable bonds is 1. The number of nitrogens with zero attached hydrogens (tertiary/aromatic N) is 1. The molecule has 2 heterocycles. The lowest BCUT2D eigenvalue weighted by atomic mass is 10.1. The molecule has 2 amide bonds. The maximum atomic E-state index is 14.1. The van der Waals surface area contributed by atoms with E-state index in [1.54, 1.807) is 0 Å². The minimum Gasteiger partial charge on any atom is -0.384 e. The van der Waals surface area contributed by atoms with Gasteiger partial charge in [0, 0.05) is 6.07 Å². The van der Waals surface area contributed by atoms with Gasteiger partial charge in [0.1, 0.15) is 11.5 Å². The molecule has 0 unspecified atom stereocenters. The summed E-state index contributed by atoms with van der Waals surface area (Å²) in [5, 5.41) is 1.97. The monoisotopic (exact) mass is 305 g/mol. The summed E-state index contributed by atoms with van der Waals surface area (Å²) in [6.45, 7) is 1.48. The molecule has 1 aliphatic rings. The Morgan fingerprint density at radius 3 is 2.23 bits per heavy atom. The molecule has 1 aliphatic heterocycles. The fourth-order valence-electron chi connectivity index (χ4n) is 2.42. The van der Waals surface area contributed by atoms with Crippen LogP contribution in [-0.2, 0) is 0 Å². The number of aromatic nitrogens is 1. The first-order chi connectivity index (χ1) is 10.3. The quantitative estimate of drug-likeness (QED) is 0.765. The van der Waals surface area contributed by atoms with Gasteiger partial charge in [-0.15, -0.1) is 0 Å². The first kappa shape index (κ1) is 13.9. The van der Waals surface area contributed by atoms with E-state index in [-0.39, 0.29) is 11.1 Å². The number of halogens is 2. The van der Waals surface area contributed by atoms with Gasteiger partial charge in [-0.2, -0.15) is 0 Å². The highest BCUT2D eigenvalue weighted by molar-refractivity contribution is 6.23. The average Bonchev–Trinajstić information content (AvgIpc) is 2.67. The minimum atomic E-state index is -1.00. The SMILES string of the molecule is Cc1cc(F)c(-n2c(N)c3c(cc2=O)C(=O)NC3=O)c(F)c1. The topological polar surface area (TPSA) is 94.2 Å². The van der Waals surface area contributed by atoms with Crippen LogP contribution in [0.3, 0.4) is 0 Å². The fourth-order valence-corrected chi connectivity index (χ4v) is 2.42. The number of nitrogens with two attached hydrogens (primary N) is 1. The molecule has 0 atom stereocenters. The maximum absolute atomic E-state index is 14.1. The maximum Gasteiger partial charge on any atom is 0.262 e. The van der Waals surface area contributed by atoms with Crippen molar-refractivity contribution in [2.24, 2.45) is 0 Å². The van der Waals surface area contributed by atoms with E-state index in [2.05, 4.69) is 0 Å². The molecule has 3 N–H and O–H groups in total. The van der Waals surface area contributed by atoms with Crippen molar-refractivity contribution in [3.05, 3.63) is 56.9 Å². The van der Waals surface area contributed by atoms with Gasteiger partial charge in [0.25, 0.3) is 17.4 Å². The van der Waals surface area contributed by atoms with E-state index in [0.29, 0.717) is 10.1 Å². The van der Waals surface area contributed by atoms with Crippen molar-refractivity contribution in [1.29, 1.82) is 0 Å². The molecule has 0 saturated heterocycles. The van der Waals surface area contributed by atoms with E-state index in [4.69, 9.17) is 5.73 Å². The van der Waals surface area contributed by atoms with Crippen molar-refractivity contribution in [3.63, 3.8) is 0 Å². The predicted octanol–water partition coefficient (Wildman–Crippen LogP) is 0.890. The first-order valence-electron chi connectivity index (χ1n) is 6.18. The molecule has 8 heteroatoms. The van der Waals surface area contributed by atoms with Gasteiger partial charge in [-0.25, -0.2) is 8.78 Å². The zero-order valence-corrected chi connectivity index (χ0v) is 11.2. The molecule has 1 aromatic heterocycles. The summed E-state index contributed by atoms with van der Waals surface area (Å²) in [7, 11) is 0. The highest BCUT2D eigenvalue weighted by Gasteiger charge is 2.32. The number of benzene rings is 1. The van der Waals surface area contributed by atoms with Gasteiger partial charge in [0.2, 0.25) is 0 Å². The van der Waals surface area contributed by atoms with Crippen molar-refractivity contribution in [2.75, 3.05) is 5.73 Å². The normalized spacial score (nSPS) is 13.2. The molecule has 0 fully saturated rings. The molecular formula is C14H9F2N3O3. The summed E-state index contributed by atoms with van der Waals surface area (Å²) in [6, 6.07) is 2.89.